The van der Waals surface area contributed by atoms with E-state index in [1.54, 1.807) is 0 Å². The molecule has 0 saturated carbocycles. The predicted octanol–water partition coefficient (Wildman–Crippen LogP) is 1.66. The van der Waals surface area contributed by atoms with Crippen LogP contribution in [0.25, 0.3) is 0 Å². The number of rotatable bonds is 10. The van der Waals surface area contributed by atoms with Crippen LogP contribution in [0.5, 0.6) is 0 Å². The van der Waals surface area contributed by atoms with E-state index >= 15 is 0 Å². The van der Waals surface area contributed by atoms with Crippen LogP contribution >= 0.6 is 0 Å². The molecule has 43 heavy (non-hydrogen) atoms. The number of halogens is 2. The van der Waals surface area contributed by atoms with Gasteiger partial charge < -0.3 is 40.8 Å². The van der Waals surface area contributed by atoms with Gasteiger partial charge in [0, 0.05) is 42.0 Å². The SMILES string of the molecule is CC(C)c1cccc(C(C)C)c1C(=O)NCC=C1C=CCC(=CCNC(=O)c2c(C(C)C)cccc2C(C)C)N1.[Cl-].[Cl-].[Zr+2]. The van der Waals surface area contributed by atoms with Crippen LogP contribution in [0.2, 0.25) is 0 Å². The predicted molar refractivity (Wildman–Crippen MR) is 167 cm³/mol. The standard InChI is InChI=1S/C35H47N3O2.2ClH.Zr/c1-22(2)28-14-10-15-29(23(3)4)32(28)34(39)36-20-18-26-12-9-13-27(38-26)19-21-37-35(40)33-30(24(5)6)16-11-17-31(33)25(7)8;;;/h9-12,14-19,22-25,38H,13,20-21H2,1-8H3,(H,36,39)(H,37,40);2*1H;/q;;;+2/p-2. The van der Waals surface area contributed by atoms with Crippen molar-refractivity contribution >= 4 is 11.8 Å². The van der Waals surface area contributed by atoms with Gasteiger partial charge in [-0.2, -0.15) is 0 Å². The van der Waals surface area contributed by atoms with Crippen LogP contribution in [0.3, 0.4) is 0 Å². The molecule has 0 aliphatic carbocycles. The van der Waals surface area contributed by atoms with Crippen molar-refractivity contribution in [2.24, 2.45) is 0 Å². The van der Waals surface area contributed by atoms with Crippen molar-refractivity contribution in [3.05, 3.63) is 105 Å². The third-order valence-corrected chi connectivity index (χ3v) is 7.34. The fraction of sp³-hybridized carbons (Fsp3) is 0.429. The number of hydrogen-bond acceptors (Lipinski definition) is 3. The van der Waals surface area contributed by atoms with Crippen LogP contribution in [0, 0.1) is 0 Å². The Bertz CT molecular complexity index is 1260. The van der Waals surface area contributed by atoms with Crippen LogP contribution in [-0.2, 0) is 26.2 Å². The summed E-state index contributed by atoms with van der Waals surface area (Å²) in [4.78, 5) is 26.5. The van der Waals surface area contributed by atoms with Crippen LogP contribution in [0.1, 0.15) is 128 Å². The number of benzene rings is 2. The first-order valence-electron chi connectivity index (χ1n) is 14.7. The molecule has 0 atom stereocenters. The molecule has 3 N–H and O–H groups in total. The Morgan fingerprint density at radius 2 is 1.07 bits per heavy atom. The molecule has 1 aliphatic heterocycles. The summed E-state index contributed by atoms with van der Waals surface area (Å²) in [5.74, 6) is 1.01. The van der Waals surface area contributed by atoms with Crippen molar-refractivity contribution < 1.29 is 60.6 Å². The van der Waals surface area contributed by atoms with Crippen molar-refractivity contribution in [3.63, 3.8) is 0 Å². The summed E-state index contributed by atoms with van der Waals surface area (Å²) >= 11 is 0. The maximum Gasteiger partial charge on any atom is 2.00 e. The average molecular weight is 704 g/mol. The Hall–Kier alpha value is -2.14. The van der Waals surface area contributed by atoms with Gasteiger partial charge in [-0.05, 0) is 64.2 Å². The Morgan fingerprint density at radius 3 is 1.44 bits per heavy atom. The molecule has 2 amide bonds. The monoisotopic (exact) mass is 701 g/mol. The molecule has 232 valence electrons. The Balaban J connectivity index is 0.00000588. The summed E-state index contributed by atoms with van der Waals surface area (Å²) in [7, 11) is 0. The van der Waals surface area contributed by atoms with Gasteiger partial charge in [0.2, 0.25) is 0 Å². The van der Waals surface area contributed by atoms with Crippen molar-refractivity contribution in [1.29, 1.82) is 0 Å². The molecule has 1 aliphatic rings. The quantitative estimate of drug-likeness (QED) is 0.353. The third-order valence-electron chi connectivity index (χ3n) is 7.34. The average Bonchev–Trinajstić information content (AvgIpc) is 2.92. The van der Waals surface area contributed by atoms with Gasteiger partial charge in [-0.15, -0.1) is 0 Å². The van der Waals surface area contributed by atoms with E-state index in [0.29, 0.717) is 13.1 Å². The normalized spacial score (nSPS) is 14.3. The molecule has 0 saturated heterocycles. The fourth-order valence-electron chi connectivity index (χ4n) is 5.17. The van der Waals surface area contributed by atoms with Crippen LogP contribution in [0.15, 0.2) is 72.1 Å². The first kappa shape index (κ1) is 40.9. The molecule has 1 heterocycles. The van der Waals surface area contributed by atoms with Crippen molar-refractivity contribution in [2.75, 3.05) is 13.1 Å². The van der Waals surface area contributed by atoms with E-state index in [1.165, 1.54) is 0 Å². The number of hydrogen-bond donors (Lipinski definition) is 3. The fourth-order valence-corrected chi connectivity index (χ4v) is 5.17. The number of nitrogens with one attached hydrogen (secondary N) is 3. The van der Waals surface area contributed by atoms with Gasteiger partial charge in [-0.25, -0.2) is 0 Å². The molecule has 2 aromatic rings. The molecular weight excluding hydrogens is 657 g/mol. The number of carbonyl (C=O) groups excluding carboxylic acids is 2. The zero-order valence-electron chi connectivity index (χ0n) is 26.8. The van der Waals surface area contributed by atoms with Gasteiger partial charge in [-0.1, -0.05) is 97.9 Å². The molecule has 2 aromatic carbocycles. The molecule has 0 radical (unpaired) electrons. The first-order chi connectivity index (χ1) is 19.0. The zero-order chi connectivity index (χ0) is 29.4. The molecule has 0 bridgehead atoms. The van der Waals surface area contributed by atoms with E-state index in [-0.39, 0.29) is 86.5 Å². The van der Waals surface area contributed by atoms with Crippen LogP contribution in [0.4, 0.5) is 0 Å². The van der Waals surface area contributed by atoms with Gasteiger partial charge in [0.15, 0.2) is 0 Å². The summed E-state index contributed by atoms with van der Waals surface area (Å²) in [5.41, 5.74) is 7.88. The van der Waals surface area contributed by atoms with Crippen molar-refractivity contribution in [1.82, 2.24) is 16.0 Å². The van der Waals surface area contributed by atoms with Gasteiger partial charge in [-0.3, -0.25) is 9.59 Å². The minimum Gasteiger partial charge on any atom is -1.00 e. The number of carbonyl (C=O) groups is 2. The van der Waals surface area contributed by atoms with Gasteiger partial charge in [0.05, 0.1) is 0 Å². The van der Waals surface area contributed by atoms with E-state index in [4.69, 9.17) is 0 Å². The summed E-state index contributed by atoms with van der Waals surface area (Å²) < 4.78 is 0. The van der Waals surface area contributed by atoms with Crippen molar-refractivity contribution in [3.8, 4) is 0 Å². The first-order valence-corrected chi connectivity index (χ1v) is 14.7. The topological polar surface area (TPSA) is 70.2 Å². The van der Waals surface area contributed by atoms with E-state index in [9.17, 15) is 9.59 Å². The minimum atomic E-state index is -0.0365. The molecular formula is C35H47Cl2N3O2Zr. The number of allylic oxidation sites excluding steroid dienone is 2. The zero-order valence-corrected chi connectivity index (χ0v) is 30.7. The van der Waals surface area contributed by atoms with Gasteiger partial charge in [0.25, 0.3) is 11.8 Å². The summed E-state index contributed by atoms with van der Waals surface area (Å²) in [6.07, 6.45) is 8.89. The second-order valence-electron chi connectivity index (χ2n) is 11.8. The molecule has 3 rings (SSSR count). The summed E-state index contributed by atoms with van der Waals surface area (Å²) in [6.45, 7) is 17.8. The maximum atomic E-state index is 13.2. The molecule has 0 unspecified atom stereocenters. The molecule has 0 fully saturated rings. The Kier molecular flexibility index (Phi) is 18.3. The smallest absolute Gasteiger partial charge is 1.00 e. The molecule has 8 heteroatoms. The second-order valence-corrected chi connectivity index (χ2v) is 11.8. The molecule has 5 nitrogen and oxygen atoms in total. The van der Waals surface area contributed by atoms with Gasteiger partial charge >= 0.3 is 26.2 Å². The number of amides is 2. The van der Waals surface area contributed by atoms with E-state index in [1.807, 2.05) is 30.4 Å². The Morgan fingerprint density at radius 1 is 0.698 bits per heavy atom. The van der Waals surface area contributed by atoms with E-state index in [2.05, 4.69) is 102 Å². The van der Waals surface area contributed by atoms with Crippen molar-refractivity contribution in [2.45, 2.75) is 85.5 Å². The summed E-state index contributed by atoms with van der Waals surface area (Å²) in [6, 6.07) is 12.3. The minimum absolute atomic E-state index is 0. The van der Waals surface area contributed by atoms with E-state index < -0.39 is 0 Å². The molecule has 0 spiro atoms. The van der Waals surface area contributed by atoms with Crippen LogP contribution in [-0.4, -0.2) is 24.9 Å². The van der Waals surface area contributed by atoms with E-state index in [0.717, 1.165) is 51.2 Å². The summed E-state index contributed by atoms with van der Waals surface area (Å²) in [5, 5.41) is 9.62. The third kappa shape index (κ3) is 11.1. The Labute approximate surface area is 290 Å². The molecule has 0 aromatic heterocycles. The largest absolute Gasteiger partial charge is 2.00 e. The van der Waals surface area contributed by atoms with Gasteiger partial charge in [0.1, 0.15) is 0 Å². The second kappa shape index (κ2) is 19.3. The van der Waals surface area contributed by atoms with Crippen LogP contribution < -0.4 is 40.8 Å². The maximum absolute atomic E-state index is 13.2.